The Kier molecular flexibility index (Phi) is 4.49. The molecule has 118 valence electrons. The molecule has 0 N–H and O–H groups in total. The molecule has 0 aliphatic heterocycles. The van der Waals surface area contributed by atoms with Gasteiger partial charge in [-0.05, 0) is 56.2 Å². The highest BCUT2D eigenvalue weighted by Gasteiger charge is 2.36. The molecule has 2 aliphatic rings. The molecule has 4 heteroatoms. The fourth-order valence-corrected chi connectivity index (χ4v) is 3.76. The van der Waals surface area contributed by atoms with E-state index in [4.69, 9.17) is 9.47 Å². The van der Waals surface area contributed by atoms with Crippen LogP contribution in [0.4, 0.5) is 0 Å². The van der Waals surface area contributed by atoms with Crippen LogP contribution >= 0.6 is 0 Å². The van der Waals surface area contributed by atoms with Crippen molar-refractivity contribution in [1.29, 1.82) is 0 Å². The van der Waals surface area contributed by atoms with E-state index in [1.807, 2.05) is 18.2 Å². The quantitative estimate of drug-likeness (QED) is 0.607. The van der Waals surface area contributed by atoms with Gasteiger partial charge in [-0.3, -0.25) is 0 Å². The van der Waals surface area contributed by atoms with Crippen LogP contribution in [-0.4, -0.2) is 19.3 Å². The second-order valence-corrected chi connectivity index (χ2v) is 6.33. The number of hydrogen-bond donors (Lipinski definition) is 0. The van der Waals surface area contributed by atoms with E-state index in [2.05, 4.69) is 4.99 Å². The van der Waals surface area contributed by atoms with Crippen molar-refractivity contribution in [3.8, 4) is 11.5 Å². The summed E-state index contributed by atoms with van der Waals surface area (Å²) in [6.07, 6.45) is 10.7. The normalized spacial score (nSPS) is 20.6. The Bertz CT molecular complexity index is 566. The molecule has 0 bridgehead atoms. The minimum Gasteiger partial charge on any atom is -0.493 e. The number of rotatable bonds is 5. The summed E-state index contributed by atoms with van der Waals surface area (Å²) in [7, 11) is 1.66. The van der Waals surface area contributed by atoms with Gasteiger partial charge in [-0.15, -0.1) is 0 Å². The van der Waals surface area contributed by atoms with Gasteiger partial charge in [-0.1, -0.05) is 18.9 Å². The van der Waals surface area contributed by atoms with Crippen LogP contribution < -0.4 is 9.47 Å². The maximum Gasteiger partial charge on any atom is 0.235 e. The van der Waals surface area contributed by atoms with Crippen molar-refractivity contribution in [3.05, 3.63) is 23.8 Å². The SMILES string of the molecule is COc1ccc(C2(N=C=O)CCCC2)cc1OC1CCCC1. The first-order valence-corrected chi connectivity index (χ1v) is 8.22. The van der Waals surface area contributed by atoms with E-state index in [9.17, 15) is 4.79 Å². The fraction of sp³-hybridized carbons (Fsp3) is 0.611. The molecule has 1 aromatic carbocycles. The van der Waals surface area contributed by atoms with Gasteiger partial charge in [-0.2, -0.15) is 4.99 Å². The van der Waals surface area contributed by atoms with Gasteiger partial charge >= 0.3 is 0 Å². The summed E-state index contributed by atoms with van der Waals surface area (Å²) < 4.78 is 11.6. The molecule has 2 saturated carbocycles. The van der Waals surface area contributed by atoms with Gasteiger partial charge < -0.3 is 9.47 Å². The van der Waals surface area contributed by atoms with Crippen molar-refractivity contribution >= 4 is 6.08 Å². The summed E-state index contributed by atoms with van der Waals surface area (Å²) in [6, 6.07) is 5.95. The molecule has 22 heavy (non-hydrogen) atoms. The van der Waals surface area contributed by atoms with Gasteiger partial charge in [0.1, 0.15) is 0 Å². The number of carbonyl (C=O) groups excluding carboxylic acids is 1. The summed E-state index contributed by atoms with van der Waals surface area (Å²) in [5.41, 5.74) is 0.629. The van der Waals surface area contributed by atoms with Crippen LogP contribution in [0.25, 0.3) is 0 Å². The number of methoxy groups -OCH3 is 1. The van der Waals surface area contributed by atoms with Crippen molar-refractivity contribution in [2.75, 3.05) is 7.11 Å². The van der Waals surface area contributed by atoms with Gasteiger partial charge in [0.25, 0.3) is 0 Å². The Morgan fingerprint density at radius 1 is 1.14 bits per heavy atom. The maximum absolute atomic E-state index is 10.9. The average Bonchev–Trinajstić information content (AvgIpc) is 3.20. The Labute approximate surface area is 131 Å². The Balaban J connectivity index is 1.93. The average molecular weight is 301 g/mol. The van der Waals surface area contributed by atoms with E-state index >= 15 is 0 Å². The molecular formula is C18H23NO3. The first kappa shape index (κ1) is 15.1. The summed E-state index contributed by atoms with van der Waals surface area (Å²) in [5, 5.41) is 0. The molecule has 1 aromatic rings. The molecule has 2 fully saturated rings. The molecule has 0 unspecified atom stereocenters. The third-order valence-electron chi connectivity index (χ3n) is 4.99. The fourth-order valence-electron chi connectivity index (χ4n) is 3.76. The van der Waals surface area contributed by atoms with Crippen molar-refractivity contribution in [1.82, 2.24) is 0 Å². The molecule has 4 nitrogen and oxygen atoms in total. The highest BCUT2D eigenvalue weighted by Crippen LogP contribution is 2.44. The minimum atomic E-state index is -0.415. The van der Waals surface area contributed by atoms with Crippen molar-refractivity contribution in [3.63, 3.8) is 0 Å². The Hall–Kier alpha value is -1.80. The Morgan fingerprint density at radius 2 is 1.86 bits per heavy atom. The lowest BCUT2D eigenvalue weighted by Gasteiger charge is -2.25. The number of nitrogens with zero attached hydrogens (tertiary/aromatic N) is 1. The van der Waals surface area contributed by atoms with E-state index in [1.165, 1.54) is 12.8 Å². The first-order chi connectivity index (χ1) is 10.8. The maximum atomic E-state index is 10.9. The zero-order valence-electron chi connectivity index (χ0n) is 13.1. The molecule has 0 amide bonds. The van der Waals surface area contributed by atoms with E-state index in [-0.39, 0.29) is 6.10 Å². The molecule has 0 atom stereocenters. The molecule has 0 spiro atoms. The van der Waals surface area contributed by atoms with E-state index in [0.29, 0.717) is 0 Å². The van der Waals surface area contributed by atoms with Gasteiger partial charge in [-0.25, -0.2) is 4.79 Å². The second-order valence-electron chi connectivity index (χ2n) is 6.33. The summed E-state index contributed by atoms with van der Waals surface area (Å²) >= 11 is 0. The third-order valence-corrected chi connectivity index (χ3v) is 4.99. The summed E-state index contributed by atoms with van der Waals surface area (Å²) in [6.45, 7) is 0. The first-order valence-electron chi connectivity index (χ1n) is 8.22. The van der Waals surface area contributed by atoms with Gasteiger partial charge in [0.15, 0.2) is 11.5 Å². The van der Waals surface area contributed by atoms with Crippen LogP contribution in [0.2, 0.25) is 0 Å². The largest absolute Gasteiger partial charge is 0.493 e. The van der Waals surface area contributed by atoms with E-state index in [1.54, 1.807) is 13.2 Å². The molecule has 2 aliphatic carbocycles. The van der Waals surface area contributed by atoms with Crippen LogP contribution in [0, 0.1) is 0 Å². The molecule has 0 heterocycles. The van der Waals surface area contributed by atoms with Crippen LogP contribution in [0.15, 0.2) is 23.2 Å². The summed E-state index contributed by atoms with van der Waals surface area (Å²) in [5.74, 6) is 1.53. The highest BCUT2D eigenvalue weighted by molar-refractivity contribution is 5.47. The number of aliphatic imine (C=N–C) groups is 1. The smallest absolute Gasteiger partial charge is 0.235 e. The molecule has 3 rings (SSSR count). The predicted molar refractivity (Wildman–Crippen MR) is 84.1 cm³/mol. The van der Waals surface area contributed by atoms with Crippen molar-refractivity contribution in [2.24, 2.45) is 4.99 Å². The molecular weight excluding hydrogens is 278 g/mol. The standard InChI is InChI=1S/C18H23NO3/c1-21-16-9-8-14(18(19-13-20)10-4-5-11-18)12-17(16)22-15-6-2-3-7-15/h8-9,12,15H,2-7,10-11H2,1H3. The highest BCUT2D eigenvalue weighted by atomic mass is 16.5. The zero-order chi connectivity index (χ0) is 15.4. The lowest BCUT2D eigenvalue weighted by atomic mass is 9.88. The number of ether oxygens (including phenoxy) is 2. The van der Waals surface area contributed by atoms with Crippen LogP contribution in [0.5, 0.6) is 11.5 Å². The zero-order valence-corrected chi connectivity index (χ0v) is 13.1. The van der Waals surface area contributed by atoms with E-state index in [0.717, 1.165) is 55.6 Å². The minimum absolute atomic E-state index is 0.276. The molecule has 0 saturated heterocycles. The van der Waals surface area contributed by atoms with Gasteiger partial charge in [0, 0.05) is 0 Å². The summed E-state index contributed by atoms with van der Waals surface area (Å²) in [4.78, 5) is 15.0. The van der Waals surface area contributed by atoms with Crippen LogP contribution in [0.3, 0.4) is 0 Å². The van der Waals surface area contributed by atoms with Gasteiger partial charge in [0.05, 0.1) is 18.8 Å². The van der Waals surface area contributed by atoms with Crippen LogP contribution in [-0.2, 0) is 10.3 Å². The second kappa shape index (κ2) is 6.53. The number of benzene rings is 1. The van der Waals surface area contributed by atoms with Crippen molar-refractivity contribution < 1.29 is 14.3 Å². The van der Waals surface area contributed by atoms with Gasteiger partial charge in [0.2, 0.25) is 6.08 Å². The number of isocyanates is 1. The monoisotopic (exact) mass is 301 g/mol. The van der Waals surface area contributed by atoms with Crippen molar-refractivity contribution in [2.45, 2.75) is 63.0 Å². The third kappa shape index (κ3) is 2.89. The van der Waals surface area contributed by atoms with E-state index < -0.39 is 5.54 Å². The topological polar surface area (TPSA) is 47.9 Å². The predicted octanol–water partition coefficient (Wildman–Crippen LogP) is 4.12. The molecule has 0 radical (unpaired) electrons. The number of hydrogen-bond acceptors (Lipinski definition) is 4. The lowest BCUT2D eigenvalue weighted by molar-refractivity contribution is 0.200. The molecule has 0 aromatic heterocycles. The van der Waals surface area contributed by atoms with Crippen LogP contribution in [0.1, 0.15) is 56.9 Å². The Morgan fingerprint density at radius 3 is 2.50 bits per heavy atom. The lowest BCUT2D eigenvalue weighted by Crippen LogP contribution is -2.19.